The summed E-state index contributed by atoms with van der Waals surface area (Å²) in [6.45, 7) is 7.50. The second kappa shape index (κ2) is 8.90. The zero-order chi connectivity index (χ0) is 19.3. The van der Waals surface area contributed by atoms with E-state index in [1.54, 1.807) is 0 Å². The molecular weight excluding hydrogens is 336 g/mol. The number of amides is 2. The SMILES string of the molecule is CCC(CC)C(=O)N1CCC2(CCC(=O)N(Cc3ccccc3)CC2)CC1. The topological polar surface area (TPSA) is 40.6 Å². The molecule has 1 spiro atoms. The maximum absolute atomic E-state index is 12.7. The Kier molecular flexibility index (Phi) is 6.56. The van der Waals surface area contributed by atoms with E-state index in [0.717, 1.165) is 64.7 Å². The molecule has 2 amide bonds. The van der Waals surface area contributed by atoms with Crippen molar-refractivity contribution in [2.75, 3.05) is 19.6 Å². The first-order valence-electron chi connectivity index (χ1n) is 10.7. The molecular formula is C23H34N2O2. The highest BCUT2D eigenvalue weighted by atomic mass is 16.2. The molecule has 0 aliphatic carbocycles. The molecule has 0 aromatic heterocycles. The Morgan fingerprint density at radius 3 is 2.26 bits per heavy atom. The number of hydrogen-bond acceptors (Lipinski definition) is 2. The Balaban J connectivity index is 1.58. The molecule has 0 radical (unpaired) electrons. The van der Waals surface area contributed by atoms with Gasteiger partial charge in [0.15, 0.2) is 0 Å². The highest BCUT2D eigenvalue weighted by Gasteiger charge is 2.39. The molecule has 4 nitrogen and oxygen atoms in total. The van der Waals surface area contributed by atoms with Crippen LogP contribution in [0.15, 0.2) is 30.3 Å². The molecule has 2 aliphatic rings. The number of carbonyl (C=O) groups excluding carboxylic acids is 2. The zero-order valence-corrected chi connectivity index (χ0v) is 17.0. The van der Waals surface area contributed by atoms with Crippen LogP contribution in [-0.2, 0) is 16.1 Å². The van der Waals surface area contributed by atoms with E-state index in [9.17, 15) is 9.59 Å². The minimum Gasteiger partial charge on any atom is -0.342 e. The maximum Gasteiger partial charge on any atom is 0.225 e. The highest BCUT2D eigenvalue weighted by molar-refractivity contribution is 5.79. The van der Waals surface area contributed by atoms with Crippen molar-refractivity contribution in [3.8, 4) is 0 Å². The zero-order valence-electron chi connectivity index (χ0n) is 17.0. The molecule has 0 bridgehead atoms. The fraction of sp³-hybridized carbons (Fsp3) is 0.652. The summed E-state index contributed by atoms with van der Waals surface area (Å²) in [5.74, 6) is 0.799. The first-order chi connectivity index (χ1) is 13.1. The lowest BCUT2D eigenvalue weighted by Crippen LogP contribution is -2.45. The van der Waals surface area contributed by atoms with Gasteiger partial charge in [-0.05, 0) is 49.5 Å². The molecule has 4 heteroatoms. The largest absolute Gasteiger partial charge is 0.342 e. The van der Waals surface area contributed by atoms with Crippen molar-refractivity contribution in [2.45, 2.75) is 65.3 Å². The average molecular weight is 371 g/mol. The normalized spacial score (nSPS) is 20.2. The van der Waals surface area contributed by atoms with Crippen LogP contribution in [0.25, 0.3) is 0 Å². The second-order valence-electron chi connectivity index (χ2n) is 8.39. The molecule has 148 valence electrons. The minimum absolute atomic E-state index is 0.177. The third kappa shape index (κ3) is 4.72. The Bertz CT molecular complexity index is 631. The van der Waals surface area contributed by atoms with Crippen molar-refractivity contribution >= 4 is 11.8 Å². The fourth-order valence-electron chi connectivity index (χ4n) is 4.72. The van der Waals surface area contributed by atoms with Crippen LogP contribution >= 0.6 is 0 Å². The molecule has 2 saturated heterocycles. The van der Waals surface area contributed by atoms with E-state index >= 15 is 0 Å². The van der Waals surface area contributed by atoms with Crippen LogP contribution < -0.4 is 0 Å². The second-order valence-corrected chi connectivity index (χ2v) is 8.39. The lowest BCUT2D eigenvalue weighted by molar-refractivity contribution is -0.138. The van der Waals surface area contributed by atoms with Crippen LogP contribution in [0, 0.1) is 11.3 Å². The quantitative estimate of drug-likeness (QED) is 0.778. The van der Waals surface area contributed by atoms with Gasteiger partial charge in [-0.3, -0.25) is 9.59 Å². The lowest BCUT2D eigenvalue weighted by atomic mass is 9.72. The summed E-state index contributed by atoms with van der Waals surface area (Å²) in [5.41, 5.74) is 1.44. The first-order valence-corrected chi connectivity index (χ1v) is 10.7. The van der Waals surface area contributed by atoms with Crippen molar-refractivity contribution in [1.29, 1.82) is 0 Å². The van der Waals surface area contributed by atoms with E-state index < -0.39 is 0 Å². The molecule has 27 heavy (non-hydrogen) atoms. The summed E-state index contributed by atoms with van der Waals surface area (Å²) >= 11 is 0. The molecule has 1 aromatic carbocycles. The van der Waals surface area contributed by atoms with E-state index in [1.807, 2.05) is 23.1 Å². The van der Waals surface area contributed by atoms with Crippen molar-refractivity contribution < 1.29 is 9.59 Å². The molecule has 0 saturated carbocycles. The predicted molar refractivity (Wildman–Crippen MR) is 108 cm³/mol. The number of rotatable bonds is 5. The predicted octanol–water partition coefficient (Wildman–Crippen LogP) is 4.24. The standard InChI is InChI=1S/C23H34N2O2/c1-3-20(4-2)22(27)24-15-12-23(13-16-24)11-10-21(26)25(17-14-23)18-19-8-6-5-7-9-19/h5-9,20H,3-4,10-18H2,1-2H3. The Hall–Kier alpha value is -1.84. The lowest BCUT2D eigenvalue weighted by Gasteiger charge is -2.42. The Morgan fingerprint density at radius 2 is 1.63 bits per heavy atom. The van der Waals surface area contributed by atoms with Crippen LogP contribution in [0.4, 0.5) is 0 Å². The van der Waals surface area contributed by atoms with Gasteiger partial charge < -0.3 is 9.80 Å². The summed E-state index contributed by atoms with van der Waals surface area (Å²) in [5, 5.41) is 0. The summed E-state index contributed by atoms with van der Waals surface area (Å²) in [6.07, 6.45) is 6.65. The van der Waals surface area contributed by atoms with Crippen molar-refractivity contribution in [1.82, 2.24) is 9.80 Å². The Labute approximate surface area is 163 Å². The van der Waals surface area contributed by atoms with Gasteiger partial charge in [-0.25, -0.2) is 0 Å². The van der Waals surface area contributed by atoms with Gasteiger partial charge in [-0.15, -0.1) is 0 Å². The van der Waals surface area contributed by atoms with Crippen LogP contribution in [0.5, 0.6) is 0 Å². The molecule has 0 atom stereocenters. The van der Waals surface area contributed by atoms with Gasteiger partial charge in [0, 0.05) is 38.5 Å². The molecule has 2 aliphatic heterocycles. The van der Waals surface area contributed by atoms with Crippen molar-refractivity contribution in [3.63, 3.8) is 0 Å². The molecule has 1 aromatic rings. The molecule has 3 rings (SSSR count). The van der Waals surface area contributed by atoms with Gasteiger partial charge in [0.2, 0.25) is 11.8 Å². The van der Waals surface area contributed by atoms with Crippen LogP contribution in [0.2, 0.25) is 0 Å². The van der Waals surface area contributed by atoms with E-state index in [4.69, 9.17) is 0 Å². The average Bonchev–Trinajstić information content (AvgIpc) is 2.85. The van der Waals surface area contributed by atoms with Gasteiger partial charge in [0.1, 0.15) is 0 Å². The highest BCUT2D eigenvalue weighted by Crippen LogP contribution is 2.42. The van der Waals surface area contributed by atoms with Gasteiger partial charge in [0.05, 0.1) is 0 Å². The number of likely N-dealkylation sites (tertiary alicyclic amines) is 2. The van der Waals surface area contributed by atoms with E-state index in [2.05, 4.69) is 30.9 Å². The van der Waals surface area contributed by atoms with E-state index in [-0.39, 0.29) is 17.2 Å². The molecule has 2 fully saturated rings. The van der Waals surface area contributed by atoms with Crippen molar-refractivity contribution in [3.05, 3.63) is 35.9 Å². The minimum atomic E-state index is 0.177. The van der Waals surface area contributed by atoms with Crippen LogP contribution in [-0.4, -0.2) is 41.2 Å². The third-order valence-corrected chi connectivity index (χ3v) is 6.82. The number of hydrogen-bond donors (Lipinski definition) is 0. The van der Waals surface area contributed by atoms with Gasteiger partial charge in [-0.2, -0.15) is 0 Å². The van der Waals surface area contributed by atoms with Gasteiger partial charge in [-0.1, -0.05) is 44.2 Å². The number of piperidine rings is 1. The van der Waals surface area contributed by atoms with E-state index in [1.165, 1.54) is 5.56 Å². The summed E-state index contributed by atoms with van der Waals surface area (Å²) in [4.78, 5) is 29.4. The maximum atomic E-state index is 12.7. The first kappa shape index (κ1) is 19.9. The van der Waals surface area contributed by atoms with E-state index in [0.29, 0.717) is 12.3 Å². The number of benzene rings is 1. The third-order valence-electron chi connectivity index (χ3n) is 6.82. The molecule has 0 unspecified atom stereocenters. The molecule has 2 heterocycles. The summed E-state index contributed by atoms with van der Waals surface area (Å²) < 4.78 is 0. The number of nitrogens with zero attached hydrogens (tertiary/aromatic N) is 2. The van der Waals surface area contributed by atoms with Gasteiger partial charge in [0.25, 0.3) is 0 Å². The summed E-state index contributed by atoms with van der Waals surface area (Å²) in [7, 11) is 0. The van der Waals surface area contributed by atoms with Gasteiger partial charge >= 0.3 is 0 Å². The Morgan fingerprint density at radius 1 is 1.00 bits per heavy atom. The smallest absolute Gasteiger partial charge is 0.225 e. The number of carbonyl (C=O) groups is 2. The summed E-state index contributed by atoms with van der Waals surface area (Å²) in [6, 6.07) is 10.3. The monoisotopic (exact) mass is 370 g/mol. The van der Waals surface area contributed by atoms with Crippen LogP contribution in [0.1, 0.15) is 64.4 Å². The molecule has 0 N–H and O–H groups in total. The fourth-order valence-corrected chi connectivity index (χ4v) is 4.72. The van der Waals surface area contributed by atoms with Crippen LogP contribution in [0.3, 0.4) is 0 Å². The van der Waals surface area contributed by atoms with Crippen molar-refractivity contribution in [2.24, 2.45) is 11.3 Å².